The average Bonchev–Trinajstić information content (AvgIpc) is 3.17. The first-order chi connectivity index (χ1) is 13.0. The van der Waals surface area contributed by atoms with Crippen LogP contribution in [0.3, 0.4) is 0 Å². The van der Waals surface area contributed by atoms with Gasteiger partial charge in [0.25, 0.3) is 5.91 Å². The first-order valence-corrected chi connectivity index (χ1v) is 9.58. The third-order valence-corrected chi connectivity index (χ3v) is 5.43. The van der Waals surface area contributed by atoms with E-state index in [4.69, 9.17) is 39.8 Å². The van der Waals surface area contributed by atoms with Crippen molar-refractivity contribution in [1.82, 2.24) is 10.3 Å². The van der Waals surface area contributed by atoms with Crippen LogP contribution in [-0.4, -0.2) is 15.2 Å². The molecule has 0 aliphatic carbocycles. The van der Waals surface area contributed by atoms with Crippen molar-refractivity contribution in [2.45, 2.75) is 0 Å². The standard InChI is InChI=1S/C19H8Cl2N2O2S2/c20-14-2-1-3-15(21)13(14)5-4-10-8-22-9-11-6-12(25-17(10)11)7-16-18(24)23-19(26)27-16/h1-3,6-9H,(H,23,24,26). The quantitative estimate of drug-likeness (QED) is 0.333. The van der Waals surface area contributed by atoms with Gasteiger partial charge < -0.3 is 9.73 Å². The molecule has 0 radical (unpaired) electrons. The van der Waals surface area contributed by atoms with Crippen molar-refractivity contribution in [3.8, 4) is 11.8 Å². The van der Waals surface area contributed by atoms with E-state index in [1.807, 2.05) is 0 Å². The van der Waals surface area contributed by atoms with E-state index in [2.05, 4.69) is 22.1 Å². The Hall–Kier alpha value is -2.30. The largest absolute Gasteiger partial charge is 0.455 e. The van der Waals surface area contributed by atoms with E-state index in [9.17, 15) is 4.79 Å². The number of aromatic nitrogens is 1. The van der Waals surface area contributed by atoms with Gasteiger partial charge in [0.05, 0.1) is 26.1 Å². The van der Waals surface area contributed by atoms with Crippen molar-refractivity contribution in [2.24, 2.45) is 0 Å². The first kappa shape index (κ1) is 18.1. The van der Waals surface area contributed by atoms with Crippen LogP contribution in [0, 0.1) is 11.8 Å². The number of furan rings is 1. The summed E-state index contributed by atoms with van der Waals surface area (Å²) >= 11 is 18.5. The molecule has 1 aromatic carbocycles. The highest BCUT2D eigenvalue weighted by Crippen LogP contribution is 2.29. The maximum absolute atomic E-state index is 11.8. The highest BCUT2D eigenvalue weighted by Gasteiger charge is 2.22. The summed E-state index contributed by atoms with van der Waals surface area (Å²) in [6.45, 7) is 0. The van der Waals surface area contributed by atoms with E-state index in [1.165, 1.54) is 11.8 Å². The molecule has 27 heavy (non-hydrogen) atoms. The summed E-state index contributed by atoms with van der Waals surface area (Å²) in [6, 6.07) is 7.00. The van der Waals surface area contributed by atoms with Crippen LogP contribution in [0.25, 0.3) is 17.0 Å². The van der Waals surface area contributed by atoms with E-state index in [-0.39, 0.29) is 5.91 Å². The molecule has 0 spiro atoms. The molecule has 8 heteroatoms. The fourth-order valence-electron chi connectivity index (χ4n) is 2.44. The van der Waals surface area contributed by atoms with Crippen molar-refractivity contribution >= 4 is 74.5 Å². The van der Waals surface area contributed by atoms with Crippen molar-refractivity contribution in [1.29, 1.82) is 0 Å². The number of amides is 1. The number of fused-ring (bicyclic) bond motifs is 1. The Morgan fingerprint density at radius 3 is 2.70 bits per heavy atom. The Labute approximate surface area is 173 Å². The molecular weight excluding hydrogens is 423 g/mol. The zero-order valence-corrected chi connectivity index (χ0v) is 16.5. The van der Waals surface area contributed by atoms with Gasteiger partial charge in [-0.05, 0) is 18.2 Å². The van der Waals surface area contributed by atoms with Gasteiger partial charge in [0.15, 0.2) is 5.58 Å². The fraction of sp³-hybridized carbons (Fsp3) is 0. The van der Waals surface area contributed by atoms with E-state index in [1.54, 1.807) is 42.7 Å². The second-order valence-electron chi connectivity index (χ2n) is 5.45. The Kier molecular flexibility index (Phi) is 4.94. The lowest BCUT2D eigenvalue weighted by molar-refractivity contribution is -0.115. The number of rotatable bonds is 1. The summed E-state index contributed by atoms with van der Waals surface area (Å²) in [5, 5.41) is 4.28. The van der Waals surface area contributed by atoms with Crippen LogP contribution in [0.4, 0.5) is 0 Å². The van der Waals surface area contributed by atoms with Crippen molar-refractivity contribution in [3.63, 3.8) is 0 Å². The maximum atomic E-state index is 11.8. The predicted octanol–water partition coefficient (Wildman–Crippen LogP) is 5.02. The van der Waals surface area contributed by atoms with Crippen LogP contribution >= 0.6 is 47.2 Å². The maximum Gasteiger partial charge on any atom is 0.263 e. The highest BCUT2D eigenvalue weighted by atomic mass is 35.5. The molecule has 132 valence electrons. The molecule has 0 unspecified atom stereocenters. The van der Waals surface area contributed by atoms with Crippen LogP contribution in [0.1, 0.15) is 16.9 Å². The van der Waals surface area contributed by atoms with Crippen LogP contribution < -0.4 is 5.32 Å². The van der Waals surface area contributed by atoms with E-state index < -0.39 is 0 Å². The molecule has 2 aromatic heterocycles. The highest BCUT2D eigenvalue weighted by molar-refractivity contribution is 8.26. The molecule has 1 aliphatic rings. The number of benzene rings is 1. The normalized spacial score (nSPS) is 15.1. The van der Waals surface area contributed by atoms with Crippen LogP contribution in [0.15, 0.2) is 46.0 Å². The number of nitrogens with one attached hydrogen (secondary N) is 1. The number of hydrogen-bond acceptors (Lipinski definition) is 5. The molecule has 0 atom stereocenters. The number of halogens is 2. The van der Waals surface area contributed by atoms with Gasteiger partial charge in [-0.1, -0.05) is 65.1 Å². The lowest BCUT2D eigenvalue weighted by Crippen LogP contribution is -2.17. The van der Waals surface area contributed by atoms with Gasteiger partial charge in [-0.3, -0.25) is 9.78 Å². The molecule has 4 rings (SSSR count). The Bertz CT molecular complexity index is 1190. The zero-order valence-electron chi connectivity index (χ0n) is 13.4. The van der Waals surface area contributed by atoms with Gasteiger partial charge in [-0.2, -0.15) is 0 Å². The van der Waals surface area contributed by atoms with E-state index in [0.29, 0.717) is 41.7 Å². The monoisotopic (exact) mass is 430 g/mol. The van der Waals surface area contributed by atoms with Crippen LogP contribution in [0.5, 0.6) is 0 Å². The van der Waals surface area contributed by atoms with Crippen molar-refractivity contribution < 1.29 is 9.21 Å². The average molecular weight is 431 g/mol. The van der Waals surface area contributed by atoms with Crippen LogP contribution in [0.2, 0.25) is 10.0 Å². The van der Waals surface area contributed by atoms with Gasteiger partial charge in [-0.15, -0.1) is 0 Å². The molecule has 1 aliphatic heterocycles. The minimum absolute atomic E-state index is 0.239. The molecule has 3 heterocycles. The SMILES string of the molecule is O=C1NC(=S)SC1=Cc1cc2cncc(C#Cc3c(Cl)cccc3Cl)c2o1. The Balaban J connectivity index is 1.75. The molecule has 1 amide bonds. The molecule has 0 saturated carbocycles. The second kappa shape index (κ2) is 7.37. The number of thioether (sulfide) groups is 1. The molecule has 1 fully saturated rings. The number of carbonyl (C=O) groups excluding carboxylic acids is 1. The summed E-state index contributed by atoms with van der Waals surface area (Å²) in [6.07, 6.45) is 4.91. The van der Waals surface area contributed by atoms with E-state index >= 15 is 0 Å². The number of hydrogen-bond donors (Lipinski definition) is 1. The van der Waals surface area contributed by atoms with Gasteiger partial charge in [0.1, 0.15) is 10.1 Å². The van der Waals surface area contributed by atoms with Gasteiger partial charge >= 0.3 is 0 Å². The Morgan fingerprint density at radius 2 is 2.00 bits per heavy atom. The number of pyridine rings is 1. The van der Waals surface area contributed by atoms with Gasteiger partial charge in [0.2, 0.25) is 0 Å². The van der Waals surface area contributed by atoms with Gasteiger partial charge in [-0.25, -0.2) is 0 Å². The lowest BCUT2D eigenvalue weighted by atomic mass is 10.2. The minimum Gasteiger partial charge on any atom is -0.455 e. The first-order valence-electron chi connectivity index (χ1n) is 7.60. The predicted molar refractivity (Wildman–Crippen MR) is 113 cm³/mol. The molecule has 4 nitrogen and oxygen atoms in total. The summed E-state index contributed by atoms with van der Waals surface area (Å²) in [5.74, 6) is 6.25. The summed E-state index contributed by atoms with van der Waals surface area (Å²) in [4.78, 5) is 16.5. The fourth-order valence-corrected chi connectivity index (χ4v) is 3.96. The van der Waals surface area contributed by atoms with Crippen LogP contribution in [-0.2, 0) is 4.79 Å². The second-order valence-corrected chi connectivity index (χ2v) is 7.99. The molecule has 1 saturated heterocycles. The van der Waals surface area contributed by atoms with Gasteiger partial charge in [0, 0.05) is 23.9 Å². The third kappa shape index (κ3) is 3.73. The smallest absolute Gasteiger partial charge is 0.263 e. The molecule has 3 aromatic rings. The topological polar surface area (TPSA) is 55.1 Å². The zero-order chi connectivity index (χ0) is 19.0. The minimum atomic E-state index is -0.239. The number of thiocarbonyl (C=S) groups is 1. The molecule has 0 bridgehead atoms. The molecule has 1 N–H and O–H groups in total. The summed E-state index contributed by atoms with van der Waals surface area (Å²) in [7, 11) is 0. The number of carbonyl (C=O) groups is 1. The number of nitrogens with zero attached hydrogens (tertiary/aromatic N) is 1. The molecular formula is C19H8Cl2N2O2S2. The summed E-state index contributed by atoms with van der Waals surface area (Å²) < 4.78 is 6.30. The lowest BCUT2D eigenvalue weighted by Gasteiger charge is -1.98. The van der Waals surface area contributed by atoms with Crippen molar-refractivity contribution in [3.05, 3.63) is 68.5 Å². The summed E-state index contributed by atoms with van der Waals surface area (Å²) in [5.41, 5.74) is 1.70. The Morgan fingerprint density at radius 1 is 1.22 bits per heavy atom. The third-order valence-electron chi connectivity index (χ3n) is 3.64. The van der Waals surface area contributed by atoms with Crippen molar-refractivity contribution in [2.75, 3.05) is 0 Å². The van der Waals surface area contributed by atoms with E-state index in [0.717, 1.165) is 5.39 Å².